The molecule has 0 saturated carbocycles. The summed E-state index contributed by atoms with van der Waals surface area (Å²) in [5.41, 5.74) is 0.270. The third-order valence-electron chi connectivity index (χ3n) is 3.36. The quantitative estimate of drug-likeness (QED) is 0.661. The normalized spacial score (nSPS) is 12.2. The van der Waals surface area contributed by atoms with E-state index in [2.05, 4.69) is 0 Å². The summed E-state index contributed by atoms with van der Waals surface area (Å²) in [7, 11) is 0. The molecule has 0 radical (unpaired) electrons. The molecule has 0 aromatic carbocycles. The van der Waals surface area contributed by atoms with E-state index in [4.69, 9.17) is 5.11 Å². The second-order valence-electron chi connectivity index (χ2n) is 4.33. The SMILES string of the molecule is CCC(CC)C(=O)/C=C(\C(=O)O)C(CC)CC. The molecule has 0 unspecified atom stereocenters. The van der Waals surface area contributed by atoms with E-state index in [1.54, 1.807) is 0 Å². The van der Waals surface area contributed by atoms with Gasteiger partial charge in [-0.3, -0.25) is 4.79 Å². The van der Waals surface area contributed by atoms with Crippen LogP contribution >= 0.6 is 0 Å². The fourth-order valence-corrected chi connectivity index (χ4v) is 2.04. The zero-order valence-corrected chi connectivity index (χ0v) is 11.3. The average molecular weight is 240 g/mol. The van der Waals surface area contributed by atoms with Crippen LogP contribution in [0.5, 0.6) is 0 Å². The molecule has 0 fully saturated rings. The van der Waals surface area contributed by atoms with Crippen LogP contribution in [0.2, 0.25) is 0 Å². The first-order valence-electron chi connectivity index (χ1n) is 6.50. The number of carboxylic acids is 1. The minimum absolute atomic E-state index is 0.0224. The van der Waals surface area contributed by atoms with E-state index in [1.807, 2.05) is 27.7 Å². The van der Waals surface area contributed by atoms with Gasteiger partial charge < -0.3 is 5.11 Å². The van der Waals surface area contributed by atoms with Gasteiger partial charge in [-0.25, -0.2) is 4.79 Å². The summed E-state index contributed by atoms with van der Waals surface area (Å²) < 4.78 is 0. The standard InChI is InChI=1S/C14H24O3/c1-5-10(6-2)12(14(16)17)9-13(15)11(7-3)8-4/h9-11H,5-8H2,1-4H3,(H,16,17)/b12-9-. The first-order chi connectivity index (χ1) is 8.01. The van der Waals surface area contributed by atoms with Crippen molar-refractivity contribution in [1.82, 2.24) is 0 Å². The van der Waals surface area contributed by atoms with Gasteiger partial charge in [0.25, 0.3) is 0 Å². The summed E-state index contributed by atoms with van der Waals surface area (Å²) in [5, 5.41) is 9.16. The Balaban J connectivity index is 5.05. The number of carbonyl (C=O) groups excluding carboxylic acids is 1. The van der Waals surface area contributed by atoms with Crippen molar-refractivity contribution in [2.45, 2.75) is 53.4 Å². The Morgan fingerprint density at radius 3 is 1.65 bits per heavy atom. The fourth-order valence-electron chi connectivity index (χ4n) is 2.04. The maximum absolute atomic E-state index is 11.9. The Labute approximate surface area is 104 Å². The predicted octanol–water partition coefficient (Wildman–Crippen LogP) is 3.44. The zero-order chi connectivity index (χ0) is 13.4. The van der Waals surface area contributed by atoms with Gasteiger partial charge in [-0.2, -0.15) is 0 Å². The van der Waals surface area contributed by atoms with E-state index in [1.165, 1.54) is 6.08 Å². The van der Waals surface area contributed by atoms with E-state index < -0.39 is 5.97 Å². The smallest absolute Gasteiger partial charge is 0.331 e. The van der Waals surface area contributed by atoms with Crippen LogP contribution in [-0.4, -0.2) is 16.9 Å². The first kappa shape index (κ1) is 15.9. The number of aliphatic carboxylic acids is 1. The first-order valence-corrected chi connectivity index (χ1v) is 6.50. The molecule has 0 aliphatic rings. The molecule has 17 heavy (non-hydrogen) atoms. The van der Waals surface area contributed by atoms with Crippen molar-refractivity contribution in [2.75, 3.05) is 0 Å². The third-order valence-corrected chi connectivity index (χ3v) is 3.36. The summed E-state index contributed by atoms with van der Waals surface area (Å²) in [5.74, 6) is -1.07. The third kappa shape index (κ3) is 4.72. The van der Waals surface area contributed by atoms with Crippen molar-refractivity contribution < 1.29 is 14.7 Å². The van der Waals surface area contributed by atoms with Crippen LogP contribution in [0.25, 0.3) is 0 Å². The summed E-state index contributed by atoms with van der Waals surface area (Å²) in [4.78, 5) is 23.1. The van der Waals surface area contributed by atoms with Gasteiger partial charge in [0.1, 0.15) is 0 Å². The Bertz CT molecular complexity index is 284. The van der Waals surface area contributed by atoms with Gasteiger partial charge >= 0.3 is 5.97 Å². The molecule has 0 spiro atoms. The molecule has 1 N–H and O–H groups in total. The minimum Gasteiger partial charge on any atom is -0.478 e. The van der Waals surface area contributed by atoms with E-state index in [0.717, 1.165) is 25.7 Å². The van der Waals surface area contributed by atoms with E-state index in [-0.39, 0.29) is 23.2 Å². The second kappa shape index (κ2) is 8.04. The van der Waals surface area contributed by atoms with Gasteiger partial charge in [0, 0.05) is 11.5 Å². The molecule has 0 aliphatic carbocycles. The lowest BCUT2D eigenvalue weighted by atomic mass is 9.89. The van der Waals surface area contributed by atoms with Crippen LogP contribution in [0.1, 0.15) is 53.4 Å². The average Bonchev–Trinajstić information content (AvgIpc) is 2.30. The molecular formula is C14H24O3. The lowest BCUT2D eigenvalue weighted by Gasteiger charge is -2.14. The number of ketones is 1. The lowest BCUT2D eigenvalue weighted by molar-refractivity contribution is -0.133. The topological polar surface area (TPSA) is 54.4 Å². The molecule has 0 aromatic heterocycles. The Morgan fingerprint density at radius 1 is 0.941 bits per heavy atom. The van der Waals surface area contributed by atoms with Crippen molar-refractivity contribution in [3.8, 4) is 0 Å². The highest BCUT2D eigenvalue weighted by Crippen LogP contribution is 2.21. The molecule has 98 valence electrons. The maximum Gasteiger partial charge on any atom is 0.331 e. The summed E-state index contributed by atoms with van der Waals surface area (Å²) in [6.07, 6.45) is 4.40. The van der Waals surface area contributed by atoms with Gasteiger partial charge in [0.2, 0.25) is 0 Å². The maximum atomic E-state index is 11.9. The fraction of sp³-hybridized carbons (Fsp3) is 0.714. The van der Waals surface area contributed by atoms with E-state index in [0.29, 0.717) is 0 Å². The Kier molecular flexibility index (Phi) is 7.51. The molecule has 0 rings (SSSR count). The molecule has 0 atom stereocenters. The molecule has 0 heterocycles. The number of hydrogen-bond donors (Lipinski definition) is 1. The molecular weight excluding hydrogens is 216 g/mol. The van der Waals surface area contributed by atoms with Crippen LogP contribution < -0.4 is 0 Å². The molecule has 0 bridgehead atoms. The predicted molar refractivity (Wildman–Crippen MR) is 68.9 cm³/mol. The monoisotopic (exact) mass is 240 g/mol. The van der Waals surface area contributed by atoms with E-state index >= 15 is 0 Å². The van der Waals surface area contributed by atoms with Gasteiger partial charge in [0.15, 0.2) is 5.78 Å². The molecule has 0 aliphatic heterocycles. The van der Waals surface area contributed by atoms with Gasteiger partial charge in [0.05, 0.1) is 0 Å². The number of allylic oxidation sites excluding steroid dienone is 1. The van der Waals surface area contributed by atoms with E-state index in [9.17, 15) is 9.59 Å². The number of carboxylic acid groups (broad SMARTS) is 1. The van der Waals surface area contributed by atoms with Crippen molar-refractivity contribution >= 4 is 11.8 Å². The number of hydrogen-bond acceptors (Lipinski definition) is 2. The highest BCUT2D eigenvalue weighted by molar-refractivity contribution is 6.00. The van der Waals surface area contributed by atoms with Crippen LogP contribution in [-0.2, 0) is 9.59 Å². The van der Waals surface area contributed by atoms with Gasteiger partial charge in [-0.05, 0) is 37.7 Å². The highest BCUT2D eigenvalue weighted by atomic mass is 16.4. The Hall–Kier alpha value is -1.12. The molecule has 3 nitrogen and oxygen atoms in total. The lowest BCUT2D eigenvalue weighted by Crippen LogP contribution is -2.17. The van der Waals surface area contributed by atoms with Crippen LogP contribution in [0.15, 0.2) is 11.6 Å². The minimum atomic E-state index is -0.960. The van der Waals surface area contributed by atoms with Crippen molar-refractivity contribution in [1.29, 1.82) is 0 Å². The van der Waals surface area contributed by atoms with Crippen LogP contribution in [0, 0.1) is 11.8 Å². The molecule has 0 aromatic rings. The van der Waals surface area contributed by atoms with Crippen LogP contribution in [0.4, 0.5) is 0 Å². The van der Waals surface area contributed by atoms with Crippen LogP contribution in [0.3, 0.4) is 0 Å². The summed E-state index contributed by atoms with van der Waals surface area (Å²) >= 11 is 0. The number of rotatable bonds is 8. The second-order valence-corrected chi connectivity index (χ2v) is 4.33. The summed E-state index contributed by atoms with van der Waals surface area (Å²) in [6, 6.07) is 0. The molecule has 3 heteroatoms. The molecule has 0 saturated heterocycles. The number of carbonyl (C=O) groups is 2. The Morgan fingerprint density at radius 2 is 1.35 bits per heavy atom. The van der Waals surface area contributed by atoms with Crippen molar-refractivity contribution in [3.63, 3.8) is 0 Å². The summed E-state index contributed by atoms with van der Waals surface area (Å²) in [6.45, 7) is 7.81. The largest absolute Gasteiger partial charge is 0.478 e. The zero-order valence-electron chi connectivity index (χ0n) is 11.3. The highest BCUT2D eigenvalue weighted by Gasteiger charge is 2.21. The van der Waals surface area contributed by atoms with Crippen molar-refractivity contribution in [2.24, 2.45) is 11.8 Å². The van der Waals surface area contributed by atoms with Crippen molar-refractivity contribution in [3.05, 3.63) is 11.6 Å². The van der Waals surface area contributed by atoms with Gasteiger partial charge in [-0.15, -0.1) is 0 Å². The molecule has 0 amide bonds. The van der Waals surface area contributed by atoms with Gasteiger partial charge in [-0.1, -0.05) is 27.7 Å².